The monoisotopic (exact) mass is 462 g/mol. The van der Waals surface area contributed by atoms with Gasteiger partial charge in [-0.1, -0.05) is 0 Å². The molecule has 0 amide bonds. The smallest absolute Gasteiger partial charge is 0.207 e. The summed E-state index contributed by atoms with van der Waals surface area (Å²) < 4.78 is 132. The van der Waals surface area contributed by atoms with Crippen molar-refractivity contribution in [3.8, 4) is 0 Å². The van der Waals surface area contributed by atoms with Crippen LogP contribution in [0.2, 0.25) is 0 Å². The van der Waals surface area contributed by atoms with Gasteiger partial charge >= 0.3 is 0 Å². The molecular weight excluding hydrogens is 458 g/mol. The molecule has 0 saturated carbocycles. The molecule has 0 unspecified atom stereocenters. The quantitative estimate of drug-likeness (QED) is 0.181. The normalized spacial score (nSPS) is 11.5. The maximum absolute atomic E-state index is 13.4. The molecule has 0 atom stereocenters. The lowest BCUT2D eigenvalue weighted by molar-refractivity contribution is 0.377. The first-order valence-corrected chi connectivity index (χ1v) is 7.54. The Hall–Kier alpha value is -3.23. The van der Waals surface area contributed by atoms with Crippen LogP contribution in [0.1, 0.15) is 11.1 Å². The summed E-state index contributed by atoms with van der Waals surface area (Å²) in [5, 5.41) is 5.48. The number of halogens is 10. The van der Waals surface area contributed by atoms with E-state index in [0.29, 0.717) is 0 Å². The number of nitrogens with zero attached hydrogens (tertiary/aromatic N) is 2. The van der Waals surface area contributed by atoms with E-state index in [1.54, 1.807) is 10.9 Å². The van der Waals surface area contributed by atoms with Gasteiger partial charge in [0, 0.05) is 0 Å². The molecule has 15 heteroatoms. The second-order valence-corrected chi connectivity index (χ2v) is 5.44. The molecule has 2 aromatic carbocycles. The van der Waals surface area contributed by atoms with Crippen LogP contribution in [0.4, 0.5) is 43.9 Å². The third-order valence-corrected chi connectivity index (χ3v) is 3.39. The Kier molecular flexibility index (Phi) is 6.96. The second-order valence-electron chi connectivity index (χ2n) is 5.04. The molecule has 0 spiro atoms. The fourth-order valence-electron chi connectivity index (χ4n) is 1.81. The number of hydrogen-bond acceptors (Lipinski definition) is 3. The summed E-state index contributed by atoms with van der Waals surface area (Å²) in [6.45, 7) is 0. The molecule has 2 N–H and O–H groups in total. The van der Waals surface area contributed by atoms with Crippen molar-refractivity contribution in [2.45, 2.75) is 0 Å². The highest BCUT2D eigenvalue weighted by atomic mass is 32.1. The van der Waals surface area contributed by atoms with Crippen LogP contribution in [0, 0.1) is 58.2 Å². The fraction of sp³-hybridized carbons (Fsp3) is 0. The minimum Gasteiger partial charge on any atom is -0.252 e. The van der Waals surface area contributed by atoms with Gasteiger partial charge in [0.05, 0.1) is 23.6 Å². The molecule has 4 nitrogen and oxygen atoms in total. The molecule has 0 aliphatic carbocycles. The van der Waals surface area contributed by atoms with E-state index in [1.165, 1.54) is 0 Å². The Morgan fingerprint density at radius 1 is 0.500 bits per heavy atom. The molecule has 0 aliphatic heterocycles. The van der Waals surface area contributed by atoms with Crippen LogP contribution in [0.25, 0.3) is 0 Å². The van der Waals surface area contributed by atoms with Crippen molar-refractivity contribution in [2.75, 3.05) is 0 Å². The van der Waals surface area contributed by atoms with Gasteiger partial charge in [0.1, 0.15) is 0 Å². The summed E-state index contributed by atoms with van der Waals surface area (Å²) >= 11 is 4.52. The van der Waals surface area contributed by atoms with Gasteiger partial charge in [-0.05, 0) is 12.2 Å². The maximum atomic E-state index is 13.4. The van der Waals surface area contributed by atoms with Crippen LogP contribution in [0.5, 0.6) is 0 Å². The third-order valence-electron chi connectivity index (χ3n) is 3.21. The summed E-state index contributed by atoms with van der Waals surface area (Å²) in [7, 11) is 0. The van der Waals surface area contributed by atoms with E-state index < -0.39 is 74.4 Å². The van der Waals surface area contributed by atoms with Crippen LogP contribution in [-0.2, 0) is 0 Å². The Balaban J connectivity index is 2.11. The minimum absolute atomic E-state index is 0.179. The van der Waals surface area contributed by atoms with Crippen molar-refractivity contribution in [3.05, 3.63) is 69.3 Å². The molecule has 0 radical (unpaired) electrons. The Morgan fingerprint density at radius 3 is 1.00 bits per heavy atom. The molecule has 0 bridgehead atoms. The molecule has 0 aromatic heterocycles. The molecule has 2 aromatic rings. The number of thiocarbonyl (C=S) groups is 1. The average Bonchev–Trinajstić information content (AvgIpc) is 2.72. The van der Waals surface area contributed by atoms with Crippen molar-refractivity contribution >= 4 is 29.8 Å². The van der Waals surface area contributed by atoms with Crippen LogP contribution in [0.3, 0.4) is 0 Å². The molecule has 160 valence electrons. The van der Waals surface area contributed by atoms with Gasteiger partial charge in [-0.15, -0.1) is 0 Å². The standard InChI is InChI=1S/C15H4F10N4S/c16-5-3(6(17)10(21)13(24)9(5)20)1-26-28-15(30)29-27-2-4-7(18)11(22)14(25)12(23)8(4)19/h1-2H,(H2,28,29,30)/b26-1+,27-2+. The van der Waals surface area contributed by atoms with E-state index in [0.717, 1.165) is 0 Å². The van der Waals surface area contributed by atoms with Gasteiger partial charge in [-0.3, -0.25) is 10.9 Å². The molecule has 0 fully saturated rings. The SMILES string of the molecule is Fc1c(F)c(F)c(/C=N/NC(=S)N/N=C/c2c(F)c(F)c(F)c(F)c2F)c(F)c1F. The molecule has 0 aliphatic rings. The average molecular weight is 462 g/mol. The van der Waals surface area contributed by atoms with Gasteiger partial charge in [0.15, 0.2) is 46.5 Å². The number of hydrogen-bond donors (Lipinski definition) is 2. The van der Waals surface area contributed by atoms with Crippen molar-refractivity contribution < 1.29 is 43.9 Å². The van der Waals surface area contributed by atoms with E-state index in [2.05, 4.69) is 22.4 Å². The summed E-state index contributed by atoms with van der Waals surface area (Å²) in [5.41, 5.74) is 0.769. The number of hydrazone groups is 2. The van der Waals surface area contributed by atoms with Crippen molar-refractivity contribution in [1.29, 1.82) is 0 Å². The first-order chi connectivity index (χ1) is 14.0. The Morgan fingerprint density at radius 2 is 0.733 bits per heavy atom. The van der Waals surface area contributed by atoms with E-state index >= 15 is 0 Å². The maximum Gasteiger partial charge on any atom is 0.207 e. The summed E-state index contributed by atoms with van der Waals surface area (Å²) in [6, 6.07) is 0. The summed E-state index contributed by atoms with van der Waals surface area (Å²) in [6.07, 6.45) is 0.357. The van der Waals surface area contributed by atoms with Gasteiger partial charge in [-0.2, -0.15) is 10.2 Å². The zero-order valence-electron chi connectivity index (χ0n) is 13.7. The van der Waals surface area contributed by atoms with Gasteiger partial charge in [0.2, 0.25) is 16.7 Å². The Bertz CT molecular complexity index is 945. The van der Waals surface area contributed by atoms with Crippen molar-refractivity contribution in [1.82, 2.24) is 10.9 Å². The van der Waals surface area contributed by atoms with Gasteiger partial charge in [0.25, 0.3) is 0 Å². The zero-order chi connectivity index (χ0) is 22.7. The summed E-state index contributed by atoms with van der Waals surface area (Å²) in [4.78, 5) is 0. The lowest BCUT2D eigenvalue weighted by atomic mass is 10.2. The van der Waals surface area contributed by atoms with E-state index in [1.807, 2.05) is 0 Å². The predicted molar refractivity (Wildman–Crippen MR) is 86.5 cm³/mol. The first kappa shape index (κ1) is 23.1. The highest BCUT2D eigenvalue weighted by Crippen LogP contribution is 2.22. The van der Waals surface area contributed by atoms with Gasteiger partial charge in [-0.25, -0.2) is 43.9 Å². The van der Waals surface area contributed by atoms with Crippen LogP contribution < -0.4 is 10.9 Å². The highest BCUT2D eigenvalue weighted by Gasteiger charge is 2.25. The minimum atomic E-state index is -2.38. The van der Waals surface area contributed by atoms with Crippen molar-refractivity contribution in [3.63, 3.8) is 0 Å². The predicted octanol–water partition coefficient (Wildman–Crippen LogP) is 3.91. The number of nitrogens with one attached hydrogen (secondary N) is 2. The third kappa shape index (κ3) is 4.34. The number of rotatable bonds is 4. The topological polar surface area (TPSA) is 48.8 Å². The zero-order valence-corrected chi connectivity index (χ0v) is 14.6. The van der Waals surface area contributed by atoms with Crippen LogP contribution in [0.15, 0.2) is 10.2 Å². The highest BCUT2D eigenvalue weighted by molar-refractivity contribution is 7.80. The molecule has 0 heterocycles. The Labute approximate surface area is 164 Å². The largest absolute Gasteiger partial charge is 0.252 e. The molecular formula is C15H4F10N4S. The van der Waals surface area contributed by atoms with E-state index in [4.69, 9.17) is 0 Å². The van der Waals surface area contributed by atoms with Crippen LogP contribution in [-0.4, -0.2) is 17.5 Å². The first-order valence-electron chi connectivity index (χ1n) is 7.13. The molecule has 0 saturated heterocycles. The van der Waals surface area contributed by atoms with E-state index in [9.17, 15) is 43.9 Å². The number of benzene rings is 2. The molecule has 2 rings (SSSR count). The lowest BCUT2D eigenvalue weighted by Crippen LogP contribution is -2.28. The fourth-order valence-corrected chi connectivity index (χ4v) is 1.91. The summed E-state index contributed by atoms with van der Waals surface area (Å²) in [5.74, 6) is -22.4. The van der Waals surface area contributed by atoms with E-state index in [-0.39, 0.29) is 12.4 Å². The lowest BCUT2D eigenvalue weighted by Gasteiger charge is -2.05. The molecule has 30 heavy (non-hydrogen) atoms. The van der Waals surface area contributed by atoms with Gasteiger partial charge < -0.3 is 0 Å². The van der Waals surface area contributed by atoms with Crippen LogP contribution >= 0.6 is 12.2 Å². The van der Waals surface area contributed by atoms with Crippen molar-refractivity contribution in [2.24, 2.45) is 10.2 Å². The second kappa shape index (κ2) is 9.06.